The van der Waals surface area contributed by atoms with Crippen molar-refractivity contribution in [3.8, 4) is 11.5 Å². The molecule has 0 bridgehead atoms. The topological polar surface area (TPSA) is 186 Å². The summed E-state index contributed by atoms with van der Waals surface area (Å²) >= 11 is 0. The lowest BCUT2D eigenvalue weighted by molar-refractivity contribution is 0.390. The van der Waals surface area contributed by atoms with E-state index in [0.29, 0.717) is 37.3 Å². The van der Waals surface area contributed by atoms with Crippen LogP contribution in [0.3, 0.4) is 0 Å². The molecule has 8 heterocycles. The third-order valence-electron chi connectivity index (χ3n) is 10.7. The minimum Gasteiger partial charge on any atom is -0.452 e. The van der Waals surface area contributed by atoms with Crippen LogP contribution in [-0.2, 0) is 76.4 Å². The summed E-state index contributed by atoms with van der Waals surface area (Å²) in [5, 5.41) is 7.35. The summed E-state index contributed by atoms with van der Waals surface area (Å²) in [5.41, 5.74) is 24.2. The second-order valence-electron chi connectivity index (χ2n) is 14.8. The molecule has 13 nitrogen and oxygen atoms in total. The maximum atomic E-state index is 7.44. The molecule has 0 saturated carbocycles. The Labute approximate surface area is 285 Å². The molecular weight excluding hydrogens is 632 g/mol. The van der Waals surface area contributed by atoms with E-state index in [4.69, 9.17) is 54.1 Å². The van der Waals surface area contributed by atoms with E-state index in [9.17, 15) is 0 Å². The summed E-state index contributed by atoms with van der Waals surface area (Å²) in [4.78, 5) is 0. The summed E-state index contributed by atoms with van der Waals surface area (Å²) in [5.74, 6) is 1.44. The molecular formula is C36H46N4O9. The summed E-state index contributed by atoms with van der Waals surface area (Å²) < 4.78 is 53.5. The standard InChI is InChI=1S/C36H46N4O9/c37-31-27(3-19-11-43-19)25(1-17-9-41-17)29(5-21-13-45-21)35(33(31)39-7-23-15-47-23)49-36-30(6-22-14-46-22)26(2-18-10-42-18)28(4-20-12-44-20)32(38)34(36)40-8-24-16-48-24/h17-24,39-40H,1-16,37-38H2. The molecule has 8 aliphatic rings. The SMILES string of the molecule is Nc1c(CC2CO2)c(CC2CO2)c(CC2CO2)c(Oc2c(CC3CO3)c(CC3CO3)c(CC3CO3)c(N)c2NCC2CO2)c1NCC1CO1. The van der Waals surface area contributed by atoms with E-state index < -0.39 is 0 Å². The van der Waals surface area contributed by atoms with Crippen molar-refractivity contribution in [3.63, 3.8) is 0 Å². The fourth-order valence-electron chi connectivity index (χ4n) is 7.17. The Morgan fingerprint density at radius 1 is 0.408 bits per heavy atom. The summed E-state index contributed by atoms with van der Waals surface area (Å²) in [6, 6.07) is 0. The molecule has 8 fully saturated rings. The van der Waals surface area contributed by atoms with E-state index in [1.54, 1.807) is 0 Å². The molecule has 0 spiro atoms. The van der Waals surface area contributed by atoms with Gasteiger partial charge >= 0.3 is 0 Å². The minimum atomic E-state index is 0.118. The van der Waals surface area contributed by atoms with Crippen molar-refractivity contribution in [2.75, 3.05) is 88.0 Å². The van der Waals surface area contributed by atoms with Gasteiger partial charge in [-0.15, -0.1) is 0 Å². The number of hydrogen-bond acceptors (Lipinski definition) is 13. The molecule has 8 unspecified atom stereocenters. The largest absolute Gasteiger partial charge is 0.452 e. The number of benzene rings is 2. The van der Waals surface area contributed by atoms with Crippen molar-refractivity contribution in [1.82, 2.24) is 0 Å². The zero-order valence-corrected chi connectivity index (χ0v) is 27.8. The molecule has 13 heteroatoms. The summed E-state index contributed by atoms with van der Waals surface area (Å²) in [7, 11) is 0. The zero-order valence-electron chi connectivity index (χ0n) is 27.8. The molecule has 6 N–H and O–H groups in total. The molecule has 8 atom stereocenters. The zero-order chi connectivity index (χ0) is 32.6. The molecule has 0 amide bonds. The monoisotopic (exact) mass is 678 g/mol. The lowest BCUT2D eigenvalue weighted by Crippen LogP contribution is -2.20. The smallest absolute Gasteiger partial charge is 0.156 e. The first-order valence-corrected chi connectivity index (χ1v) is 18.0. The van der Waals surface area contributed by atoms with Crippen LogP contribution in [0.5, 0.6) is 11.5 Å². The average molecular weight is 679 g/mol. The Morgan fingerprint density at radius 3 is 0.959 bits per heavy atom. The van der Waals surface area contributed by atoms with Gasteiger partial charge in [-0.25, -0.2) is 0 Å². The molecule has 0 aliphatic carbocycles. The van der Waals surface area contributed by atoms with Gasteiger partial charge in [-0.3, -0.25) is 0 Å². The molecule has 0 aromatic heterocycles. The first kappa shape index (κ1) is 30.9. The van der Waals surface area contributed by atoms with E-state index in [2.05, 4.69) is 10.6 Å². The van der Waals surface area contributed by atoms with Gasteiger partial charge < -0.3 is 64.7 Å². The highest BCUT2D eigenvalue weighted by molar-refractivity contribution is 5.85. The molecule has 49 heavy (non-hydrogen) atoms. The maximum absolute atomic E-state index is 7.44. The molecule has 8 saturated heterocycles. The Bertz CT molecular complexity index is 1490. The average Bonchev–Trinajstić information content (AvgIpc) is 3.91. The van der Waals surface area contributed by atoms with Crippen molar-refractivity contribution in [1.29, 1.82) is 0 Å². The van der Waals surface area contributed by atoms with Gasteiger partial charge in [0.1, 0.15) is 11.4 Å². The molecule has 264 valence electrons. The van der Waals surface area contributed by atoms with Crippen LogP contribution in [0.1, 0.15) is 33.4 Å². The number of nitrogens with one attached hydrogen (secondary N) is 2. The van der Waals surface area contributed by atoms with Crippen molar-refractivity contribution in [2.45, 2.75) is 87.4 Å². The number of hydrogen-bond donors (Lipinski definition) is 4. The Balaban J connectivity index is 1.16. The fraction of sp³-hybridized carbons (Fsp3) is 0.667. The van der Waals surface area contributed by atoms with E-state index >= 15 is 0 Å². The van der Waals surface area contributed by atoms with Gasteiger partial charge in [0.25, 0.3) is 0 Å². The van der Waals surface area contributed by atoms with Gasteiger partial charge in [0.2, 0.25) is 0 Å². The number of epoxide rings is 8. The number of nitrogens with two attached hydrogens (primary N) is 2. The van der Waals surface area contributed by atoms with Crippen molar-refractivity contribution >= 4 is 22.7 Å². The number of ether oxygens (including phenoxy) is 9. The second-order valence-corrected chi connectivity index (χ2v) is 14.8. The minimum absolute atomic E-state index is 0.118. The third-order valence-corrected chi connectivity index (χ3v) is 10.7. The van der Waals surface area contributed by atoms with Crippen LogP contribution in [-0.4, -0.2) is 115 Å². The van der Waals surface area contributed by atoms with Gasteiger partial charge in [0.05, 0.1) is 113 Å². The van der Waals surface area contributed by atoms with Crippen LogP contribution in [0.4, 0.5) is 22.7 Å². The van der Waals surface area contributed by atoms with E-state index in [1.165, 1.54) is 11.1 Å². The lowest BCUT2D eigenvalue weighted by Gasteiger charge is -2.29. The van der Waals surface area contributed by atoms with Crippen molar-refractivity contribution in [2.24, 2.45) is 0 Å². The third kappa shape index (κ3) is 7.31. The van der Waals surface area contributed by atoms with Gasteiger partial charge in [-0.05, 0) is 22.3 Å². The molecule has 8 aliphatic heterocycles. The van der Waals surface area contributed by atoms with Crippen LogP contribution < -0.4 is 26.8 Å². The Hall–Kier alpha value is -2.88. The van der Waals surface area contributed by atoms with Crippen LogP contribution in [0.2, 0.25) is 0 Å². The molecule has 2 aromatic carbocycles. The van der Waals surface area contributed by atoms with Gasteiger partial charge in [0, 0.05) is 62.7 Å². The predicted molar refractivity (Wildman–Crippen MR) is 179 cm³/mol. The molecule has 0 radical (unpaired) electrons. The van der Waals surface area contributed by atoms with Crippen LogP contribution in [0.25, 0.3) is 0 Å². The van der Waals surface area contributed by atoms with Crippen LogP contribution in [0.15, 0.2) is 0 Å². The quantitative estimate of drug-likeness (QED) is 0.118. The normalized spacial score (nSPS) is 32.4. The first-order valence-electron chi connectivity index (χ1n) is 18.0. The number of rotatable bonds is 20. The van der Waals surface area contributed by atoms with E-state index in [1.807, 2.05) is 0 Å². The number of anilines is 4. The van der Waals surface area contributed by atoms with Crippen molar-refractivity contribution < 1.29 is 42.6 Å². The van der Waals surface area contributed by atoms with Gasteiger partial charge in [-0.2, -0.15) is 0 Å². The van der Waals surface area contributed by atoms with E-state index in [0.717, 1.165) is 124 Å². The lowest BCUT2D eigenvalue weighted by atomic mass is 9.87. The fourth-order valence-corrected chi connectivity index (χ4v) is 7.17. The maximum Gasteiger partial charge on any atom is 0.156 e. The highest BCUT2D eigenvalue weighted by Crippen LogP contribution is 2.51. The number of nitrogen functional groups attached to an aromatic ring is 2. The Kier molecular flexibility index (Phi) is 7.83. The summed E-state index contributed by atoms with van der Waals surface area (Å²) in [6.07, 6.45) is 5.59. The van der Waals surface area contributed by atoms with Gasteiger partial charge in [-0.1, -0.05) is 0 Å². The molecule has 2 aromatic rings. The first-order chi connectivity index (χ1) is 24.0. The van der Waals surface area contributed by atoms with E-state index in [-0.39, 0.29) is 48.8 Å². The second kappa shape index (κ2) is 12.4. The highest BCUT2D eigenvalue weighted by atomic mass is 16.6. The van der Waals surface area contributed by atoms with Crippen LogP contribution in [0, 0.1) is 0 Å². The van der Waals surface area contributed by atoms with Crippen LogP contribution >= 0.6 is 0 Å². The highest BCUT2D eigenvalue weighted by Gasteiger charge is 2.40. The van der Waals surface area contributed by atoms with Gasteiger partial charge in [0.15, 0.2) is 11.5 Å². The molecule has 10 rings (SSSR count). The predicted octanol–water partition coefficient (Wildman–Crippen LogP) is 1.91. The van der Waals surface area contributed by atoms with Crippen molar-refractivity contribution in [3.05, 3.63) is 33.4 Å². The summed E-state index contributed by atoms with van der Waals surface area (Å²) in [6.45, 7) is 7.12. The Morgan fingerprint density at radius 2 is 0.673 bits per heavy atom.